The van der Waals surface area contributed by atoms with Crippen LogP contribution in [-0.2, 0) is 33.3 Å². The number of aliphatic hydroxyl groups excluding tert-OH is 8. The molecule has 0 aromatic heterocycles. The second-order valence-electron chi connectivity index (χ2n) is 8.39. The fourth-order valence-corrected chi connectivity index (χ4v) is 3.94. The summed E-state index contributed by atoms with van der Waals surface area (Å²) in [6.45, 7) is 1.30. The van der Waals surface area contributed by atoms with Crippen LogP contribution >= 0.6 is 0 Å². The quantitative estimate of drug-likeness (QED) is 0.157. The van der Waals surface area contributed by atoms with Crippen molar-refractivity contribution in [2.75, 3.05) is 0 Å². The van der Waals surface area contributed by atoms with E-state index in [2.05, 4.69) is 0 Å². The van der Waals surface area contributed by atoms with Crippen LogP contribution in [0.4, 0.5) is 0 Å². The number of hydrogen-bond acceptors (Lipinski definition) is 15. The van der Waals surface area contributed by atoms with Gasteiger partial charge in [-0.05, 0) is 6.92 Å². The highest BCUT2D eigenvalue weighted by Crippen LogP contribution is 2.32. The van der Waals surface area contributed by atoms with Crippen molar-refractivity contribution in [2.24, 2.45) is 0 Å². The van der Waals surface area contributed by atoms with Gasteiger partial charge in [-0.2, -0.15) is 0 Å². The fourth-order valence-electron chi connectivity index (χ4n) is 3.94. The molecule has 3 rings (SSSR count). The first kappa shape index (κ1) is 28.0. The Kier molecular flexibility index (Phi) is 8.65. The summed E-state index contributed by atoms with van der Waals surface area (Å²) in [4.78, 5) is 22.6. The van der Waals surface area contributed by atoms with Crippen molar-refractivity contribution in [3.05, 3.63) is 0 Å². The van der Waals surface area contributed by atoms with Gasteiger partial charge >= 0.3 is 11.9 Å². The van der Waals surface area contributed by atoms with E-state index in [1.54, 1.807) is 0 Å². The summed E-state index contributed by atoms with van der Waals surface area (Å²) in [5, 5.41) is 99.2. The van der Waals surface area contributed by atoms with Gasteiger partial charge < -0.3 is 74.7 Å². The fraction of sp³-hybridized carbons (Fsp3) is 0.889. The summed E-state index contributed by atoms with van der Waals surface area (Å²) < 4.78 is 25.9. The molecule has 3 fully saturated rings. The molecule has 3 heterocycles. The molecule has 0 spiro atoms. The van der Waals surface area contributed by atoms with E-state index in [1.807, 2.05) is 0 Å². The predicted molar refractivity (Wildman–Crippen MR) is 101 cm³/mol. The maximum Gasteiger partial charge on any atom is 0.335 e. The molecule has 3 saturated heterocycles. The van der Waals surface area contributed by atoms with Crippen molar-refractivity contribution < 1.29 is 84.3 Å². The van der Waals surface area contributed by atoms with E-state index < -0.39 is 104 Å². The van der Waals surface area contributed by atoms with Crippen molar-refractivity contribution >= 4 is 11.9 Å². The van der Waals surface area contributed by atoms with Crippen LogP contribution in [0.3, 0.4) is 0 Å². The topological polar surface area (TPSA) is 283 Å². The standard InChI is InChI=1S/C18H28O17/c1-2-3(19)10(32-17-8(24)4(20)6(22)11(33-17)14(26)27)13(16(30)31-2)35-18-9(25)5(21)7(23)12(34-18)15(28)29/h2-13,16-25,30H,1H3,(H,26,27)(H,28,29)/t2-,3-,4-,5-,6+,7+,8+,9+,10+,11-,12-,13+,16+,17+,18+/m0/s1. The largest absolute Gasteiger partial charge is 0.479 e. The number of rotatable bonds is 6. The van der Waals surface area contributed by atoms with Gasteiger partial charge in [0.2, 0.25) is 0 Å². The maximum absolute atomic E-state index is 11.3. The Balaban J connectivity index is 1.84. The molecule has 0 bridgehead atoms. The zero-order valence-electron chi connectivity index (χ0n) is 18.0. The number of carboxylic acid groups (broad SMARTS) is 2. The molecule has 0 aliphatic carbocycles. The van der Waals surface area contributed by atoms with Crippen molar-refractivity contribution in [3.8, 4) is 0 Å². The first-order valence-corrected chi connectivity index (χ1v) is 10.4. The average Bonchev–Trinajstić information content (AvgIpc) is 2.78. The van der Waals surface area contributed by atoms with Crippen LogP contribution < -0.4 is 0 Å². The van der Waals surface area contributed by atoms with Crippen molar-refractivity contribution in [2.45, 2.75) is 99.0 Å². The monoisotopic (exact) mass is 516 g/mol. The minimum absolute atomic E-state index is 1.15. The first-order valence-electron chi connectivity index (χ1n) is 10.4. The highest BCUT2D eigenvalue weighted by Gasteiger charge is 2.54. The van der Waals surface area contributed by atoms with Crippen molar-refractivity contribution in [1.29, 1.82) is 0 Å². The van der Waals surface area contributed by atoms with Crippen molar-refractivity contribution in [1.82, 2.24) is 0 Å². The van der Waals surface area contributed by atoms with Crippen LogP contribution in [-0.4, -0.2) is 155 Å². The maximum atomic E-state index is 11.3. The van der Waals surface area contributed by atoms with E-state index in [0.29, 0.717) is 0 Å². The van der Waals surface area contributed by atoms with Crippen LogP contribution in [0.5, 0.6) is 0 Å². The van der Waals surface area contributed by atoms with Gasteiger partial charge in [0.15, 0.2) is 31.1 Å². The summed E-state index contributed by atoms with van der Waals surface area (Å²) in [6, 6.07) is 0. The lowest BCUT2D eigenvalue weighted by molar-refractivity contribution is -0.381. The Hall–Kier alpha value is -1.58. The molecule has 202 valence electrons. The number of aliphatic carboxylic acids is 2. The highest BCUT2D eigenvalue weighted by atomic mass is 16.8. The zero-order chi connectivity index (χ0) is 26.4. The molecule has 0 aromatic rings. The predicted octanol–water partition coefficient (Wildman–Crippen LogP) is -6.36. The molecule has 35 heavy (non-hydrogen) atoms. The Morgan fingerprint density at radius 3 is 1.37 bits per heavy atom. The molecule has 15 atom stereocenters. The molecule has 0 saturated carbocycles. The average molecular weight is 516 g/mol. The third-order valence-corrected chi connectivity index (χ3v) is 5.98. The van der Waals surface area contributed by atoms with Gasteiger partial charge in [-0.25, -0.2) is 9.59 Å². The van der Waals surface area contributed by atoms with E-state index >= 15 is 0 Å². The Bertz CT molecular complexity index is 765. The minimum Gasteiger partial charge on any atom is -0.479 e. The van der Waals surface area contributed by atoms with Gasteiger partial charge in [0.25, 0.3) is 0 Å². The highest BCUT2D eigenvalue weighted by molar-refractivity contribution is 5.73. The molecule has 0 amide bonds. The molecule has 3 aliphatic heterocycles. The number of ether oxygens (including phenoxy) is 5. The van der Waals surface area contributed by atoms with Gasteiger partial charge in [0.1, 0.15) is 54.9 Å². The Morgan fingerprint density at radius 2 is 0.971 bits per heavy atom. The third kappa shape index (κ3) is 5.42. The number of aliphatic hydroxyl groups is 8. The van der Waals surface area contributed by atoms with Crippen LogP contribution in [0, 0.1) is 0 Å². The van der Waals surface area contributed by atoms with Gasteiger partial charge in [0.05, 0.1) is 6.10 Å². The second-order valence-corrected chi connectivity index (χ2v) is 8.39. The zero-order valence-corrected chi connectivity index (χ0v) is 18.0. The third-order valence-electron chi connectivity index (χ3n) is 5.98. The summed E-state index contributed by atoms with van der Waals surface area (Å²) in [5.74, 6) is -3.43. The number of hydrogen-bond donors (Lipinski definition) is 10. The lowest BCUT2D eigenvalue weighted by atomic mass is 9.96. The summed E-state index contributed by atoms with van der Waals surface area (Å²) in [6.07, 6.45) is -28.8. The first-order chi connectivity index (χ1) is 16.3. The molecular weight excluding hydrogens is 488 g/mol. The molecule has 17 nitrogen and oxygen atoms in total. The van der Waals surface area contributed by atoms with Gasteiger partial charge in [0, 0.05) is 0 Å². The lowest BCUT2D eigenvalue weighted by Gasteiger charge is -2.47. The minimum atomic E-state index is -2.06. The SMILES string of the molecule is C[C@@H]1O[C@@H](O)[C@H](O[C@H]2O[C@H](C(=O)O)[C@H](O)[C@H](O)[C@H]2O)[C@H](O[C@@H]2O[C@H](C(=O)O)[C@H](O)[C@H](O)[C@H]2O)[C@H]1O. The lowest BCUT2D eigenvalue weighted by Crippen LogP contribution is -2.66. The van der Waals surface area contributed by atoms with Crippen LogP contribution in [0.2, 0.25) is 0 Å². The van der Waals surface area contributed by atoms with Gasteiger partial charge in [-0.1, -0.05) is 0 Å². The molecular formula is C18H28O17. The van der Waals surface area contributed by atoms with E-state index in [4.69, 9.17) is 23.7 Å². The van der Waals surface area contributed by atoms with Crippen LogP contribution in [0.15, 0.2) is 0 Å². The van der Waals surface area contributed by atoms with Crippen LogP contribution in [0.25, 0.3) is 0 Å². The number of carbonyl (C=O) groups is 2. The Morgan fingerprint density at radius 1 is 0.571 bits per heavy atom. The van der Waals surface area contributed by atoms with E-state index in [9.17, 15) is 60.7 Å². The molecule has 3 aliphatic rings. The van der Waals surface area contributed by atoms with E-state index in [-0.39, 0.29) is 0 Å². The van der Waals surface area contributed by atoms with Crippen molar-refractivity contribution in [3.63, 3.8) is 0 Å². The van der Waals surface area contributed by atoms with E-state index in [0.717, 1.165) is 0 Å². The normalized spacial score (nSPS) is 51.1. The molecule has 0 aromatic carbocycles. The summed E-state index contributed by atoms with van der Waals surface area (Å²) in [5.41, 5.74) is 0. The molecule has 17 heteroatoms. The Labute approximate surface area is 196 Å². The van der Waals surface area contributed by atoms with Crippen LogP contribution in [0.1, 0.15) is 6.92 Å². The van der Waals surface area contributed by atoms with Gasteiger partial charge in [-0.15, -0.1) is 0 Å². The summed E-state index contributed by atoms with van der Waals surface area (Å²) in [7, 11) is 0. The smallest absolute Gasteiger partial charge is 0.335 e. The van der Waals surface area contributed by atoms with E-state index in [1.165, 1.54) is 6.92 Å². The second kappa shape index (κ2) is 10.8. The summed E-state index contributed by atoms with van der Waals surface area (Å²) >= 11 is 0. The molecule has 10 N–H and O–H groups in total. The van der Waals surface area contributed by atoms with Gasteiger partial charge in [-0.3, -0.25) is 0 Å². The molecule has 0 radical (unpaired) electrons. The number of carboxylic acids is 2. The molecule has 0 unspecified atom stereocenters.